The molecule has 1 aliphatic rings. The number of hydrogen-bond donors (Lipinski definition) is 1. The van der Waals surface area contributed by atoms with Crippen molar-refractivity contribution in [1.29, 1.82) is 0 Å². The van der Waals surface area contributed by atoms with Gasteiger partial charge in [-0.2, -0.15) is 0 Å². The lowest BCUT2D eigenvalue weighted by atomic mass is 10.1. The van der Waals surface area contributed by atoms with Crippen LogP contribution in [-0.4, -0.2) is 31.2 Å². The van der Waals surface area contributed by atoms with Crippen LogP contribution in [0.15, 0.2) is 77.8 Å². The number of aliphatic imine (C=N–C) groups is 1. The fourth-order valence-corrected chi connectivity index (χ4v) is 3.64. The second kappa shape index (κ2) is 9.47. The van der Waals surface area contributed by atoms with Crippen LogP contribution in [0, 0.1) is 0 Å². The minimum absolute atomic E-state index is 0.0865. The van der Waals surface area contributed by atoms with Crippen molar-refractivity contribution in [3.8, 4) is 5.75 Å². The van der Waals surface area contributed by atoms with E-state index in [2.05, 4.69) is 12.2 Å². The standard InChI is InChI=1S/C26H25N3O3/c1-3-18-8-12-20(13-9-18)27-25(30)17-29-24-7-5-4-6-22(24)28-23(16-26(29)31)19-10-14-21(32-2)15-11-19/h4-15H,3,16-17H2,1-2H3,(H,27,30). The van der Waals surface area contributed by atoms with E-state index in [-0.39, 0.29) is 24.8 Å². The third-order valence-corrected chi connectivity index (χ3v) is 5.42. The van der Waals surface area contributed by atoms with Crippen LogP contribution in [0.2, 0.25) is 0 Å². The van der Waals surface area contributed by atoms with Crippen LogP contribution < -0.4 is 15.0 Å². The van der Waals surface area contributed by atoms with Gasteiger partial charge in [0.15, 0.2) is 0 Å². The minimum atomic E-state index is -0.259. The Kier molecular flexibility index (Phi) is 6.31. The van der Waals surface area contributed by atoms with Gasteiger partial charge in [0.2, 0.25) is 11.8 Å². The van der Waals surface area contributed by atoms with E-state index in [1.54, 1.807) is 7.11 Å². The Bertz CT molecular complexity index is 1150. The first kappa shape index (κ1) is 21.3. The molecule has 2 amide bonds. The van der Waals surface area contributed by atoms with Gasteiger partial charge in [-0.3, -0.25) is 14.6 Å². The van der Waals surface area contributed by atoms with E-state index < -0.39 is 0 Å². The summed E-state index contributed by atoms with van der Waals surface area (Å²) in [6.45, 7) is 2.00. The van der Waals surface area contributed by atoms with Crippen molar-refractivity contribution in [3.63, 3.8) is 0 Å². The molecule has 0 spiro atoms. The molecule has 0 unspecified atom stereocenters. The minimum Gasteiger partial charge on any atom is -0.497 e. The van der Waals surface area contributed by atoms with E-state index in [9.17, 15) is 9.59 Å². The van der Waals surface area contributed by atoms with Gasteiger partial charge in [-0.25, -0.2) is 0 Å². The summed E-state index contributed by atoms with van der Waals surface area (Å²) in [5.41, 5.74) is 4.68. The van der Waals surface area contributed by atoms with E-state index >= 15 is 0 Å². The molecule has 1 N–H and O–H groups in total. The Labute approximate surface area is 187 Å². The molecule has 4 rings (SSSR count). The highest BCUT2D eigenvalue weighted by molar-refractivity contribution is 6.19. The highest BCUT2D eigenvalue weighted by Gasteiger charge is 2.26. The Morgan fingerprint density at radius 3 is 2.44 bits per heavy atom. The first-order chi connectivity index (χ1) is 15.6. The smallest absolute Gasteiger partial charge is 0.244 e. The number of fused-ring (bicyclic) bond motifs is 1. The summed E-state index contributed by atoms with van der Waals surface area (Å²) >= 11 is 0. The van der Waals surface area contributed by atoms with Crippen LogP contribution in [-0.2, 0) is 16.0 Å². The molecule has 32 heavy (non-hydrogen) atoms. The van der Waals surface area contributed by atoms with Gasteiger partial charge < -0.3 is 15.0 Å². The molecule has 1 aliphatic heterocycles. The van der Waals surface area contributed by atoms with Crippen molar-refractivity contribution in [2.45, 2.75) is 19.8 Å². The van der Waals surface area contributed by atoms with Crippen molar-refractivity contribution in [1.82, 2.24) is 0 Å². The summed E-state index contributed by atoms with van der Waals surface area (Å²) in [7, 11) is 1.61. The summed E-state index contributed by atoms with van der Waals surface area (Å²) in [6.07, 6.45) is 1.03. The first-order valence-corrected chi connectivity index (χ1v) is 10.6. The highest BCUT2D eigenvalue weighted by Crippen LogP contribution is 2.33. The van der Waals surface area contributed by atoms with Gasteiger partial charge in [-0.05, 0) is 66.1 Å². The Hall–Kier alpha value is -3.93. The molecule has 6 heteroatoms. The van der Waals surface area contributed by atoms with Gasteiger partial charge in [0, 0.05) is 5.69 Å². The van der Waals surface area contributed by atoms with Gasteiger partial charge in [0.25, 0.3) is 0 Å². The summed E-state index contributed by atoms with van der Waals surface area (Å²) in [5, 5.41) is 2.88. The van der Waals surface area contributed by atoms with E-state index in [0.29, 0.717) is 22.8 Å². The van der Waals surface area contributed by atoms with E-state index in [4.69, 9.17) is 9.73 Å². The van der Waals surface area contributed by atoms with Crippen LogP contribution in [0.1, 0.15) is 24.5 Å². The third-order valence-electron chi connectivity index (χ3n) is 5.42. The lowest BCUT2D eigenvalue weighted by Gasteiger charge is -2.22. The molecule has 1 heterocycles. The lowest BCUT2D eigenvalue weighted by molar-refractivity contribution is -0.120. The molecule has 0 fully saturated rings. The number of amides is 2. The number of aryl methyl sites for hydroxylation is 1. The first-order valence-electron chi connectivity index (χ1n) is 10.6. The van der Waals surface area contributed by atoms with Crippen molar-refractivity contribution >= 4 is 34.6 Å². The molecule has 0 saturated heterocycles. The fourth-order valence-electron chi connectivity index (χ4n) is 3.64. The molecule has 0 aromatic heterocycles. The average molecular weight is 428 g/mol. The SMILES string of the molecule is CCc1ccc(NC(=O)CN2C(=O)CC(c3ccc(OC)cc3)=Nc3ccccc32)cc1. The molecule has 0 saturated carbocycles. The molecule has 3 aromatic carbocycles. The van der Waals surface area contributed by atoms with Gasteiger partial charge >= 0.3 is 0 Å². The van der Waals surface area contributed by atoms with Gasteiger partial charge in [0.1, 0.15) is 12.3 Å². The lowest BCUT2D eigenvalue weighted by Crippen LogP contribution is -2.38. The molecule has 3 aromatic rings. The topological polar surface area (TPSA) is 71.0 Å². The fraction of sp³-hybridized carbons (Fsp3) is 0.192. The highest BCUT2D eigenvalue weighted by atomic mass is 16.5. The molecule has 0 atom stereocenters. The summed E-state index contributed by atoms with van der Waals surface area (Å²) < 4.78 is 5.22. The van der Waals surface area contributed by atoms with Crippen LogP contribution in [0.3, 0.4) is 0 Å². The Morgan fingerprint density at radius 1 is 1.03 bits per heavy atom. The van der Waals surface area contributed by atoms with Crippen molar-refractivity contribution < 1.29 is 14.3 Å². The molecule has 0 radical (unpaired) electrons. The summed E-state index contributed by atoms with van der Waals surface area (Å²) in [4.78, 5) is 32.2. The van der Waals surface area contributed by atoms with E-state index in [1.807, 2.05) is 72.8 Å². The van der Waals surface area contributed by atoms with Crippen LogP contribution in [0.4, 0.5) is 17.1 Å². The molecular weight excluding hydrogens is 402 g/mol. The monoisotopic (exact) mass is 427 g/mol. The number of para-hydroxylation sites is 2. The Morgan fingerprint density at radius 2 is 1.75 bits per heavy atom. The maximum atomic E-state index is 13.2. The molecule has 6 nitrogen and oxygen atoms in total. The number of ether oxygens (including phenoxy) is 1. The zero-order chi connectivity index (χ0) is 22.5. The molecule has 0 aliphatic carbocycles. The quantitative estimate of drug-likeness (QED) is 0.617. The zero-order valence-corrected chi connectivity index (χ0v) is 18.2. The number of nitrogens with zero attached hydrogens (tertiary/aromatic N) is 2. The van der Waals surface area contributed by atoms with Gasteiger partial charge in [-0.15, -0.1) is 0 Å². The predicted molar refractivity (Wildman–Crippen MR) is 127 cm³/mol. The van der Waals surface area contributed by atoms with Gasteiger partial charge in [0.05, 0.1) is 30.6 Å². The second-order valence-electron chi connectivity index (χ2n) is 7.53. The van der Waals surface area contributed by atoms with Crippen molar-refractivity contribution in [2.75, 3.05) is 23.9 Å². The van der Waals surface area contributed by atoms with E-state index in [0.717, 1.165) is 17.7 Å². The van der Waals surface area contributed by atoms with Crippen LogP contribution >= 0.6 is 0 Å². The average Bonchev–Trinajstić information content (AvgIpc) is 2.96. The van der Waals surface area contributed by atoms with Crippen LogP contribution in [0.25, 0.3) is 0 Å². The number of nitrogens with one attached hydrogen (secondary N) is 1. The Balaban J connectivity index is 1.56. The number of carbonyl (C=O) groups excluding carboxylic acids is 2. The molecule has 162 valence electrons. The second-order valence-corrected chi connectivity index (χ2v) is 7.53. The van der Waals surface area contributed by atoms with E-state index in [1.165, 1.54) is 10.5 Å². The summed E-state index contributed by atoms with van der Waals surface area (Å²) in [5.74, 6) is 0.297. The molecular formula is C26H25N3O3. The van der Waals surface area contributed by atoms with Crippen LogP contribution in [0.5, 0.6) is 5.75 Å². The van der Waals surface area contributed by atoms with Gasteiger partial charge in [-0.1, -0.05) is 31.2 Å². The predicted octanol–water partition coefficient (Wildman–Crippen LogP) is 4.75. The largest absolute Gasteiger partial charge is 0.497 e. The number of carbonyl (C=O) groups is 2. The number of anilines is 2. The molecule has 0 bridgehead atoms. The van der Waals surface area contributed by atoms with Crippen molar-refractivity contribution in [2.24, 2.45) is 4.99 Å². The maximum absolute atomic E-state index is 13.2. The number of methoxy groups -OCH3 is 1. The normalized spacial score (nSPS) is 13.1. The number of benzene rings is 3. The third kappa shape index (κ3) is 4.70. The maximum Gasteiger partial charge on any atom is 0.244 e. The number of hydrogen-bond acceptors (Lipinski definition) is 4. The number of rotatable bonds is 6. The summed E-state index contributed by atoms with van der Waals surface area (Å²) in [6, 6.07) is 22.6. The van der Waals surface area contributed by atoms with Crippen molar-refractivity contribution in [3.05, 3.63) is 83.9 Å². The zero-order valence-electron chi connectivity index (χ0n) is 18.2.